The van der Waals surface area contributed by atoms with Crippen LogP contribution in [-0.4, -0.2) is 106 Å². The summed E-state index contributed by atoms with van der Waals surface area (Å²) in [7, 11) is 0. The van der Waals surface area contributed by atoms with Crippen molar-refractivity contribution in [2.45, 2.75) is 81.3 Å². The molecule has 2 rings (SSSR count). The van der Waals surface area contributed by atoms with Crippen molar-refractivity contribution in [1.29, 1.82) is 0 Å². The van der Waals surface area contributed by atoms with Gasteiger partial charge in [0.25, 0.3) is 0 Å². The number of hydrogen-bond donors (Lipinski definition) is 7. The Balaban J connectivity index is 2.09. The van der Waals surface area contributed by atoms with Crippen LogP contribution in [0.25, 0.3) is 0 Å². The van der Waals surface area contributed by atoms with Crippen molar-refractivity contribution in [3.05, 3.63) is 0 Å². The molecule has 0 radical (unpaired) electrons. The minimum atomic E-state index is -1.28. The molecule has 0 aromatic carbocycles. The Bertz CT molecular complexity index is 441. The molecule has 0 bridgehead atoms. The SMILES string of the molecule is CCN(CC)C1CC(N)C(OC2OC(CN)C(O)C(O)C2N)C(O)C1O. The Morgan fingerprint density at radius 3 is 2.15 bits per heavy atom. The van der Waals surface area contributed by atoms with E-state index in [9.17, 15) is 20.4 Å². The molecule has 10 heteroatoms. The Kier molecular flexibility index (Phi) is 7.74. The summed E-state index contributed by atoms with van der Waals surface area (Å²) in [6.45, 7) is 5.37. The average molecular weight is 378 g/mol. The van der Waals surface area contributed by atoms with Gasteiger partial charge in [-0.2, -0.15) is 0 Å². The van der Waals surface area contributed by atoms with Crippen molar-refractivity contribution in [2.24, 2.45) is 17.2 Å². The van der Waals surface area contributed by atoms with E-state index in [1.807, 2.05) is 18.7 Å². The van der Waals surface area contributed by atoms with Crippen molar-refractivity contribution < 1.29 is 29.9 Å². The topological polar surface area (TPSA) is 181 Å². The number of nitrogens with zero attached hydrogens (tertiary/aromatic N) is 1. The number of likely N-dealkylation sites (N-methyl/N-ethyl adjacent to an activating group) is 1. The van der Waals surface area contributed by atoms with Gasteiger partial charge in [-0.3, -0.25) is 4.90 Å². The maximum Gasteiger partial charge on any atom is 0.176 e. The Morgan fingerprint density at radius 2 is 1.62 bits per heavy atom. The van der Waals surface area contributed by atoms with Crippen LogP contribution in [0.15, 0.2) is 0 Å². The molecule has 26 heavy (non-hydrogen) atoms. The number of aliphatic hydroxyl groups excluding tert-OH is 4. The third-order valence-corrected chi connectivity index (χ3v) is 5.57. The second-order valence-corrected chi connectivity index (χ2v) is 7.11. The summed E-state index contributed by atoms with van der Waals surface area (Å²) in [4.78, 5) is 2.04. The fourth-order valence-electron chi connectivity index (χ4n) is 3.89. The molecule has 1 heterocycles. The number of rotatable bonds is 6. The molecule has 1 saturated carbocycles. The van der Waals surface area contributed by atoms with E-state index in [0.29, 0.717) is 6.42 Å². The summed E-state index contributed by atoms with van der Waals surface area (Å²) in [6.07, 6.45) is -7.23. The largest absolute Gasteiger partial charge is 0.389 e. The Hall–Kier alpha value is -0.400. The van der Waals surface area contributed by atoms with E-state index in [1.165, 1.54) is 0 Å². The van der Waals surface area contributed by atoms with Crippen molar-refractivity contribution >= 4 is 0 Å². The standard InChI is InChI=1S/C16H34N4O6/c1-3-20(4-2)8-5-7(18)15(14(24)11(8)21)26-16-10(19)13(23)12(22)9(6-17)25-16/h7-16,21-24H,3-6,17-19H2,1-2H3. The second kappa shape index (κ2) is 9.20. The first-order valence-electron chi connectivity index (χ1n) is 9.25. The monoisotopic (exact) mass is 378 g/mol. The van der Waals surface area contributed by atoms with Gasteiger partial charge in [0.15, 0.2) is 6.29 Å². The Labute approximate surface area is 153 Å². The van der Waals surface area contributed by atoms with Crippen LogP contribution in [0, 0.1) is 0 Å². The van der Waals surface area contributed by atoms with Crippen LogP contribution in [0.4, 0.5) is 0 Å². The van der Waals surface area contributed by atoms with Crippen LogP contribution < -0.4 is 17.2 Å². The van der Waals surface area contributed by atoms with Crippen LogP contribution in [-0.2, 0) is 9.47 Å². The highest BCUT2D eigenvalue weighted by Crippen LogP contribution is 2.29. The van der Waals surface area contributed by atoms with E-state index >= 15 is 0 Å². The van der Waals surface area contributed by atoms with Crippen LogP contribution in [0.2, 0.25) is 0 Å². The summed E-state index contributed by atoms with van der Waals surface area (Å²) in [5.41, 5.74) is 17.6. The van der Waals surface area contributed by atoms with Gasteiger partial charge < -0.3 is 47.1 Å². The van der Waals surface area contributed by atoms with Gasteiger partial charge in [0.2, 0.25) is 0 Å². The smallest absolute Gasteiger partial charge is 0.176 e. The third-order valence-electron chi connectivity index (χ3n) is 5.57. The average Bonchev–Trinajstić information content (AvgIpc) is 2.63. The summed E-state index contributed by atoms with van der Waals surface area (Å²) < 4.78 is 11.3. The molecule has 0 aromatic heterocycles. The van der Waals surface area contributed by atoms with Crippen molar-refractivity contribution in [3.8, 4) is 0 Å². The summed E-state index contributed by atoms with van der Waals surface area (Å²) in [5, 5.41) is 41.1. The van der Waals surface area contributed by atoms with Crippen molar-refractivity contribution in [2.75, 3.05) is 19.6 Å². The predicted molar refractivity (Wildman–Crippen MR) is 93.9 cm³/mol. The zero-order valence-electron chi connectivity index (χ0n) is 15.4. The molecule has 10 N–H and O–H groups in total. The van der Waals surface area contributed by atoms with E-state index in [0.717, 1.165) is 13.1 Å². The second-order valence-electron chi connectivity index (χ2n) is 7.11. The maximum atomic E-state index is 10.6. The summed E-state index contributed by atoms with van der Waals surface area (Å²) in [5.74, 6) is 0. The lowest BCUT2D eigenvalue weighted by Crippen LogP contribution is -2.68. The number of aliphatic hydroxyl groups is 4. The Morgan fingerprint density at radius 1 is 1.00 bits per heavy atom. The van der Waals surface area contributed by atoms with Gasteiger partial charge in [-0.05, 0) is 19.5 Å². The van der Waals surface area contributed by atoms with Gasteiger partial charge in [-0.15, -0.1) is 0 Å². The first-order valence-corrected chi connectivity index (χ1v) is 9.25. The number of ether oxygens (including phenoxy) is 2. The van der Waals surface area contributed by atoms with Gasteiger partial charge in [0.05, 0.1) is 12.1 Å². The molecule has 0 amide bonds. The first kappa shape index (κ1) is 21.9. The zero-order valence-corrected chi connectivity index (χ0v) is 15.4. The van der Waals surface area contributed by atoms with E-state index in [4.69, 9.17) is 26.7 Å². The molecule has 1 aliphatic carbocycles. The van der Waals surface area contributed by atoms with E-state index in [-0.39, 0.29) is 12.6 Å². The molecule has 10 atom stereocenters. The van der Waals surface area contributed by atoms with E-state index in [1.54, 1.807) is 0 Å². The lowest BCUT2D eigenvalue weighted by Gasteiger charge is -2.48. The van der Waals surface area contributed by atoms with Crippen LogP contribution in [0.1, 0.15) is 20.3 Å². The predicted octanol–water partition coefficient (Wildman–Crippen LogP) is -3.73. The van der Waals surface area contributed by atoms with Gasteiger partial charge in [0.1, 0.15) is 30.5 Å². The molecule has 154 valence electrons. The fraction of sp³-hybridized carbons (Fsp3) is 1.00. The molecular weight excluding hydrogens is 344 g/mol. The molecular formula is C16H34N4O6. The van der Waals surface area contributed by atoms with Crippen molar-refractivity contribution in [1.82, 2.24) is 4.90 Å². The fourth-order valence-corrected chi connectivity index (χ4v) is 3.89. The molecule has 10 nitrogen and oxygen atoms in total. The normalized spacial score (nSPS) is 47.3. The molecule has 0 aromatic rings. The molecule has 2 aliphatic rings. The van der Waals surface area contributed by atoms with Gasteiger partial charge >= 0.3 is 0 Å². The van der Waals surface area contributed by atoms with Crippen LogP contribution in [0.5, 0.6) is 0 Å². The van der Waals surface area contributed by atoms with E-state index < -0.39 is 55.0 Å². The summed E-state index contributed by atoms with van der Waals surface area (Å²) in [6, 6.07) is -1.88. The lowest BCUT2D eigenvalue weighted by molar-refractivity contribution is -0.289. The van der Waals surface area contributed by atoms with Crippen LogP contribution >= 0.6 is 0 Å². The van der Waals surface area contributed by atoms with Crippen LogP contribution in [0.3, 0.4) is 0 Å². The van der Waals surface area contributed by atoms with Crippen molar-refractivity contribution in [3.63, 3.8) is 0 Å². The summed E-state index contributed by atoms with van der Waals surface area (Å²) >= 11 is 0. The highest BCUT2D eigenvalue weighted by molar-refractivity contribution is 5.01. The number of nitrogens with two attached hydrogens (primary N) is 3. The molecule has 0 spiro atoms. The van der Waals surface area contributed by atoms with Gasteiger partial charge in [-0.1, -0.05) is 13.8 Å². The third kappa shape index (κ3) is 4.20. The van der Waals surface area contributed by atoms with Gasteiger partial charge in [0, 0.05) is 18.6 Å². The maximum absolute atomic E-state index is 10.6. The molecule has 2 fully saturated rings. The molecule has 1 saturated heterocycles. The zero-order chi connectivity index (χ0) is 19.6. The minimum Gasteiger partial charge on any atom is -0.389 e. The van der Waals surface area contributed by atoms with E-state index in [2.05, 4.69) is 0 Å². The first-order chi connectivity index (χ1) is 12.3. The van der Waals surface area contributed by atoms with Gasteiger partial charge in [-0.25, -0.2) is 0 Å². The quantitative estimate of drug-likeness (QED) is 0.243. The molecule has 10 unspecified atom stereocenters. The molecule has 1 aliphatic heterocycles. The highest BCUT2D eigenvalue weighted by atomic mass is 16.7. The lowest BCUT2D eigenvalue weighted by atomic mass is 9.83. The highest BCUT2D eigenvalue weighted by Gasteiger charge is 2.49. The minimum absolute atomic E-state index is 0.0310. The number of hydrogen-bond acceptors (Lipinski definition) is 10.